The lowest BCUT2D eigenvalue weighted by Crippen LogP contribution is -2.37. The van der Waals surface area contributed by atoms with Crippen molar-refractivity contribution < 1.29 is 23.1 Å². The van der Waals surface area contributed by atoms with Crippen LogP contribution < -0.4 is 15.8 Å². The Morgan fingerprint density at radius 1 is 1.35 bits per heavy atom. The lowest BCUT2D eigenvalue weighted by atomic mass is 10.1. The van der Waals surface area contributed by atoms with E-state index in [1.807, 2.05) is 0 Å². The van der Waals surface area contributed by atoms with Crippen LogP contribution in [0, 0.1) is 0 Å². The summed E-state index contributed by atoms with van der Waals surface area (Å²) in [4.78, 5) is 23.8. The topological polar surface area (TPSA) is 84.7 Å². The number of hydrogen-bond acceptors (Lipinski definition) is 4. The molecule has 2 rings (SSSR count). The summed E-state index contributed by atoms with van der Waals surface area (Å²) in [7, 11) is 0. The van der Waals surface area contributed by atoms with Crippen molar-refractivity contribution in [2.24, 2.45) is 5.73 Å². The summed E-state index contributed by atoms with van der Waals surface area (Å²) in [5.41, 5.74) is 6.18. The molecule has 1 unspecified atom stereocenters. The molecular formula is C12H13F2N3O3. The molecule has 0 saturated carbocycles. The Balaban J connectivity index is 2.14. The number of carbonyl (C=O) groups excluding carboxylic acids is 2. The Hall–Kier alpha value is -2.22. The van der Waals surface area contributed by atoms with Gasteiger partial charge >= 0.3 is 12.6 Å². The highest BCUT2D eigenvalue weighted by atomic mass is 19.3. The fraction of sp³-hybridized carbons (Fsp3) is 0.333. The van der Waals surface area contributed by atoms with E-state index in [2.05, 4.69) is 10.1 Å². The third-order valence-electron chi connectivity index (χ3n) is 2.85. The minimum atomic E-state index is -2.97. The maximum Gasteiger partial charge on any atom is 0.387 e. The quantitative estimate of drug-likeness (QED) is 0.785. The molecule has 0 radical (unpaired) electrons. The Morgan fingerprint density at radius 2 is 2.05 bits per heavy atom. The molecule has 1 fully saturated rings. The van der Waals surface area contributed by atoms with E-state index in [9.17, 15) is 18.4 Å². The third-order valence-corrected chi connectivity index (χ3v) is 2.85. The molecule has 3 amide bonds. The first-order chi connectivity index (χ1) is 9.49. The van der Waals surface area contributed by atoms with Gasteiger partial charge in [-0.15, -0.1) is 0 Å². The van der Waals surface area contributed by atoms with Gasteiger partial charge in [0.05, 0.1) is 12.6 Å². The molecule has 0 aromatic heterocycles. The first-order valence-electron chi connectivity index (χ1n) is 5.86. The number of nitrogens with one attached hydrogen (secondary N) is 1. The zero-order chi connectivity index (χ0) is 14.7. The summed E-state index contributed by atoms with van der Waals surface area (Å²) >= 11 is 0. The summed E-state index contributed by atoms with van der Waals surface area (Å²) in [6.45, 7) is -3.16. The smallest absolute Gasteiger partial charge is 0.387 e. The molecule has 1 aromatic carbocycles. The number of halogens is 2. The molecule has 1 atom stereocenters. The van der Waals surface area contributed by atoms with Gasteiger partial charge in [-0.1, -0.05) is 18.2 Å². The molecular weight excluding hydrogens is 272 g/mol. The van der Waals surface area contributed by atoms with E-state index in [1.54, 1.807) is 6.07 Å². The van der Waals surface area contributed by atoms with E-state index in [4.69, 9.17) is 5.73 Å². The van der Waals surface area contributed by atoms with Gasteiger partial charge in [0.2, 0.25) is 5.91 Å². The number of para-hydroxylation sites is 1. The van der Waals surface area contributed by atoms with Gasteiger partial charge in [-0.25, -0.2) is 4.79 Å². The second-order valence-electron chi connectivity index (χ2n) is 4.19. The number of benzene rings is 1. The van der Waals surface area contributed by atoms with E-state index in [0.29, 0.717) is 5.56 Å². The summed E-state index contributed by atoms with van der Waals surface area (Å²) in [6.07, 6.45) is 0. The number of nitrogens with two attached hydrogens (primary N) is 1. The molecule has 1 aromatic rings. The van der Waals surface area contributed by atoms with Crippen LogP contribution in [0.3, 0.4) is 0 Å². The van der Waals surface area contributed by atoms with Crippen LogP contribution in [0.1, 0.15) is 11.6 Å². The molecule has 8 heteroatoms. The first-order valence-corrected chi connectivity index (χ1v) is 5.86. The average Bonchev–Trinajstić information content (AvgIpc) is 2.70. The normalized spacial score (nSPS) is 16.5. The lowest BCUT2D eigenvalue weighted by molar-refractivity contribution is -0.125. The third kappa shape index (κ3) is 3.02. The fourth-order valence-corrected chi connectivity index (χ4v) is 1.93. The number of urea groups is 1. The van der Waals surface area contributed by atoms with Crippen molar-refractivity contribution in [3.8, 4) is 5.75 Å². The van der Waals surface area contributed by atoms with Crippen molar-refractivity contribution in [2.45, 2.75) is 12.7 Å². The number of amides is 3. The largest absolute Gasteiger partial charge is 0.434 e. The number of imide groups is 1. The van der Waals surface area contributed by atoms with Crippen LogP contribution in [0.5, 0.6) is 5.75 Å². The van der Waals surface area contributed by atoms with Crippen LogP contribution in [0.4, 0.5) is 13.6 Å². The van der Waals surface area contributed by atoms with E-state index in [0.717, 1.165) is 4.90 Å². The zero-order valence-electron chi connectivity index (χ0n) is 10.4. The van der Waals surface area contributed by atoms with Crippen LogP contribution in [0.15, 0.2) is 24.3 Å². The predicted molar refractivity (Wildman–Crippen MR) is 65.1 cm³/mol. The van der Waals surface area contributed by atoms with Crippen molar-refractivity contribution in [1.29, 1.82) is 0 Å². The molecule has 0 aliphatic carbocycles. The highest BCUT2D eigenvalue weighted by molar-refractivity contribution is 6.01. The molecule has 6 nitrogen and oxygen atoms in total. The van der Waals surface area contributed by atoms with Gasteiger partial charge in [0.1, 0.15) is 5.75 Å². The van der Waals surface area contributed by atoms with Gasteiger partial charge < -0.3 is 15.8 Å². The Morgan fingerprint density at radius 3 is 2.65 bits per heavy atom. The van der Waals surface area contributed by atoms with Gasteiger partial charge in [-0.2, -0.15) is 8.78 Å². The maximum absolute atomic E-state index is 12.3. The second kappa shape index (κ2) is 5.83. The van der Waals surface area contributed by atoms with Crippen molar-refractivity contribution in [3.63, 3.8) is 0 Å². The Kier molecular flexibility index (Phi) is 4.14. The van der Waals surface area contributed by atoms with Crippen molar-refractivity contribution in [3.05, 3.63) is 29.8 Å². The maximum atomic E-state index is 12.3. The monoisotopic (exact) mass is 285 g/mol. The van der Waals surface area contributed by atoms with Gasteiger partial charge in [0, 0.05) is 12.1 Å². The molecule has 3 N–H and O–H groups in total. The zero-order valence-corrected chi connectivity index (χ0v) is 10.4. The van der Waals surface area contributed by atoms with E-state index >= 15 is 0 Å². The first kappa shape index (κ1) is 14.2. The minimum absolute atomic E-state index is 0.0675. The second-order valence-corrected chi connectivity index (χ2v) is 4.19. The van der Waals surface area contributed by atoms with Crippen LogP contribution in [0.2, 0.25) is 0 Å². The van der Waals surface area contributed by atoms with Crippen LogP contribution >= 0.6 is 0 Å². The summed E-state index contributed by atoms with van der Waals surface area (Å²) in [5, 5.41) is 2.35. The number of ether oxygens (including phenoxy) is 1. The van der Waals surface area contributed by atoms with E-state index < -0.39 is 24.6 Å². The number of rotatable bonds is 5. The van der Waals surface area contributed by atoms with Gasteiger partial charge in [0.25, 0.3) is 0 Å². The number of carbonyl (C=O) groups is 2. The van der Waals surface area contributed by atoms with Crippen molar-refractivity contribution in [2.75, 3.05) is 13.1 Å². The van der Waals surface area contributed by atoms with E-state index in [-0.39, 0.29) is 18.8 Å². The van der Waals surface area contributed by atoms with Crippen LogP contribution in [-0.4, -0.2) is 36.5 Å². The van der Waals surface area contributed by atoms with Crippen LogP contribution in [0.25, 0.3) is 0 Å². The van der Waals surface area contributed by atoms with Crippen molar-refractivity contribution in [1.82, 2.24) is 10.2 Å². The Labute approximate surface area is 113 Å². The molecule has 1 saturated heterocycles. The highest BCUT2D eigenvalue weighted by Gasteiger charge is 2.30. The molecule has 1 aliphatic rings. The number of alkyl halides is 2. The molecule has 1 heterocycles. The average molecular weight is 285 g/mol. The predicted octanol–water partition coefficient (Wildman–Crippen LogP) is 0.840. The summed E-state index contributed by atoms with van der Waals surface area (Å²) in [6, 6.07) is 4.66. The van der Waals surface area contributed by atoms with Gasteiger partial charge in [-0.3, -0.25) is 9.69 Å². The summed E-state index contributed by atoms with van der Waals surface area (Å²) < 4.78 is 29.0. The highest BCUT2D eigenvalue weighted by Crippen LogP contribution is 2.26. The van der Waals surface area contributed by atoms with Crippen LogP contribution in [-0.2, 0) is 4.79 Å². The van der Waals surface area contributed by atoms with Crippen molar-refractivity contribution >= 4 is 11.9 Å². The number of nitrogens with zero attached hydrogens (tertiary/aromatic N) is 1. The minimum Gasteiger partial charge on any atom is -0.434 e. The van der Waals surface area contributed by atoms with Gasteiger partial charge in [0.15, 0.2) is 0 Å². The Bertz CT molecular complexity index is 508. The number of hydrogen-bond donors (Lipinski definition) is 2. The lowest BCUT2D eigenvalue weighted by Gasteiger charge is -2.20. The standard InChI is InChI=1S/C12H13F2N3O3/c13-11(14)20-9-4-2-1-3-7(9)8(15)6-17-10(18)5-16-12(17)19/h1-4,8,11H,5-6,15H2,(H,16,19). The fourth-order valence-electron chi connectivity index (χ4n) is 1.93. The molecule has 20 heavy (non-hydrogen) atoms. The summed E-state index contributed by atoms with van der Waals surface area (Å²) in [5.74, 6) is -0.472. The molecule has 1 aliphatic heterocycles. The van der Waals surface area contributed by atoms with Gasteiger partial charge in [-0.05, 0) is 6.07 Å². The molecule has 0 bridgehead atoms. The SMILES string of the molecule is NC(CN1C(=O)CNC1=O)c1ccccc1OC(F)F. The molecule has 0 spiro atoms. The van der Waals surface area contributed by atoms with E-state index in [1.165, 1.54) is 18.2 Å². The molecule has 108 valence electrons.